The van der Waals surface area contributed by atoms with E-state index in [2.05, 4.69) is 32.7 Å². The highest BCUT2D eigenvalue weighted by Crippen LogP contribution is 2.32. The van der Waals surface area contributed by atoms with Crippen LogP contribution in [0.25, 0.3) is 11.1 Å². The van der Waals surface area contributed by atoms with Gasteiger partial charge < -0.3 is 5.32 Å². The molecule has 1 fully saturated rings. The Balaban J connectivity index is 1.78. The number of nitrogens with one attached hydrogen (secondary N) is 1. The van der Waals surface area contributed by atoms with Crippen molar-refractivity contribution in [3.8, 4) is 11.1 Å². The lowest BCUT2D eigenvalue weighted by molar-refractivity contribution is 0.460. The van der Waals surface area contributed by atoms with Crippen molar-refractivity contribution in [2.24, 2.45) is 20.4 Å². The molecule has 2 aromatic carbocycles. The van der Waals surface area contributed by atoms with Gasteiger partial charge in [0.2, 0.25) is 10.0 Å². The van der Waals surface area contributed by atoms with Gasteiger partial charge in [-0.05, 0) is 54.6 Å². The minimum atomic E-state index is -3.92. The van der Waals surface area contributed by atoms with Gasteiger partial charge in [-0.2, -0.15) is 5.11 Å². The van der Waals surface area contributed by atoms with Crippen molar-refractivity contribution in [2.75, 3.05) is 19.8 Å². The molecule has 8 heteroatoms. The molecule has 0 spiro atoms. The number of sulfonamides is 1. The number of hydrogen-bond donors (Lipinski definition) is 2. The summed E-state index contributed by atoms with van der Waals surface area (Å²) in [4.78, 5) is 4.23. The van der Waals surface area contributed by atoms with Gasteiger partial charge >= 0.3 is 0 Å². The largest absolute Gasteiger partial charge is 0.317 e. The second kappa shape index (κ2) is 7.30. The molecule has 0 aromatic heterocycles. The predicted molar refractivity (Wildman–Crippen MR) is 104 cm³/mol. The van der Waals surface area contributed by atoms with E-state index < -0.39 is 10.0 Å². The van der Waals surface area contributed by atoms with Crippen LogP contribution in [0, 0.1) is 0 Å². The van der Waals surface area contributed by atoms with Gasteiger partial charge in [-0.25, -0.2) is 18.5 Å². The molecule has 0 saturated carbocycles. The Labute approximate surface area is 158 Å². The SMILES string of the molecule is NS(=O)(=O)c1cccc(-c2ccc(C3CCNCC3)cc2)c1C1=NCN=N1. The van der Waals surface area contributed by atoms with E-state index in [9.17, 15) is 8.42 Å². The van der Waals surface area contributed by atoms with Crippen molar-refractivity contribution in [2.45, 2.75) is 23.7 Å². The van der Waals surface area contributed by atoms with E-state index in [0.717, 1.165) is 37.1 Å². The first-order valence-electron chi connectivity index (χ1n) is 8.93. The Hall–Kier alpha value is -2.42. The summed E-state index contributed by atoms with van der Waals surface area (Å²) in [5.74, 6) is 0.862. The number of hydrogen-bond acceptors (Lipinski definition) is 6. The maximum Gasteiger partial charge on any atom is 0.238 e. The van der Waals surface area contributed by atoms with Gasteiger partial charge in [0.05, 0.1) is 4.90 Å². The predicted octanol–water partition coefficient (Wildman–Crippen LogP) is 2.64. The zero-order valence-corrected chi connectivity index (χ0v) is 15.6. The summed E-state index contributed by atoms with van der Waals surface area (Å²) in [6.45, 7) is 2.28. The van der Waals surface area contributed by atoms with Crippen LogP contribution in [0.2, 0.25) is 0 Å². The summed E-state index contributed by atoms with van der Waals surface area (Å²) in [7, 11) is -3.92. The average molecular weight is 383 g/mol. The van der Waals surface area contributed by atoms with Crippen molar-refractivity contribution in [1.29, 1.82) is 0 Å². The van der Waals surface area contributed by atoms with Crippen molar-refractivity contribution < 1.29 is 8.42 Å². The molecule has 0 radical (unpaired) electrons. The normalized spacial score (nSPS) is 17.9. The molecule has 3 N–H and O–H groups in total. The molecule has 2 aromatic rings. The standard InChI is InChI=1S/C19H21N5O2S/c20-27(25,26)17-3-1-2-16(18(17)19-22-12-23-24-19)15-6-4-13(5-7-15)14-8-10-21-11-9-14/h1-7,14,21H,8-12H2,(H2,20,25,26). The third-order valence-electron chi connectivity index (χ3n) is 5.04. The summed E-state index contributed by atoms with van der Waals surface area (Å²) >= 11 is 0. The Kier molecular flexibility index (Phi) is 4.86. The zero-order chi connectivity index (χ0) is 18.9. The number of benzene rings is 2. The Bertz CT molecular complexity index is 1010. The molecule has 140 valence electrons. The summed E-state index contributed by atoms with van der Waals surface area (Å²) in [6, 6.07) is 13.3. The van der Waals surface area contributed by atoms with Crippen LogP contribution in [0.4, 0.5) is 0 Å². The molecular weight excluding hydrogens is 362 g/mol. The van der Waals surface area contributed by atoms with Gasteiger partial charge in [-0.1, -0.05) is 36.4 Å². The molecule has 4 rings (SSSR count). The van der Waals surface area contributed by atoms with E-state index in [1.54, 1.807) is 6.07 Å². The number of rotatable bonds is 4. The van der Waals surface area contributed by atoms with E-state index in [1.165, 1.54) is 11.6 Å². The molecule has 2 aliphatic rings. The van der Waals surface area contributed by atoms with E-state index in [0.29, 0.717) is 17.3 Å². The van der Waals surface area contributed by atoms with Crippen LogP contribution in [-0.2, 0) is 10.0 Å². The first kappa shape index (κ1) is 18.0. The zero-order valence-electron chi connectivity index (χ0n) is 14.8. The summed E-state index contributed by atoms with van der Waals surface area (Å²) in [5, 5.41) is 16.7. The van der Waals surface area contributed by atoms with Crippen LogP contribution in [0.1, 0.15) is 29.9 Å². The highest BCUT2D eigenvalue weighted by molar-refractivity contribution is 7.89. The van der Waals surface area contributed by atoms with Crippen LogP contribution in [0.3, 0.4) is 0 Å². The van der Waals surface area contributed by atoms with Gasteiger partial charge in [0.1, 0.15) is 0 Å². The highest BCUT2D eigenvalue weighted by Gasteiger charge is 2.23. The molecule has 0 atom stereocenters. The van der Waals surface area contributed by atoms with Gasteiger partial charge in [0.25, 0.3) is 0 Å². The topological polar surface area (TPSA) is 109 Å². The smallest absolute Gasteiger partial charge is 0.238 e. The number of nitrogens with zero attached hydrogens (tertiary/aromatic N) is 3. The van der Waals surface area contributed by atoms with Crippen molar-refractivity contribution in [3.05, 3.63) is 53.6 Å². The summed E-state index contributed by atoms with van der Waals surface area (Å²) < 4.78 is 24.2. The van der Waals surface area contributed by atoms with Crippen LogP contribution >= 0.6 is 0 Å². The van der Waals surface area contributed by atoms with Crippen LogP contribution in [-0.4, -0.2) is 34.0 Å². The van der Waals surface area contributed by atoms with Crippen molar-refractivity contribution in [1.82, 2.24) is 5.32 Å². The fourth-order valence-corrected chi connectivity index (χ4v) is 4.44. The molecule has 0 amide bonds. The second-order valence-electron chi connectivity index (χ2n) is 6.73. The first-order chi connectivity index (χ1) is 13.0. The van der Waals surface area contributed by atoms with Crippen LogP contribution in [0.15, 0.2) is 62.6 Å². The third-order valence-corrected chi connectivity index (χ3v) is 5.99. The van der Waals surface area contributed by atoms with Crippen LogP contribution in [0.5, 0.6) is 0 Å². The Morgan fingerprint density at radius 3 is 2.41 bits per heavy atom. The van der Waals surface area contributed by atoms with Gasteiger partial charge in [-0.3, -0.25) is 0 Å². The minimum Gasteiger partial charge on any atom is -0.317 e. The van der Waals surface area contributed by atoms with Crippen LogP contribution < -0.4 is 10.5 Å². The third kappa shape index (κ3) is 3.69. The Morgan fingerprint density at radius 2 is 1.78 bits per heavy atom. The molecule has 1 saturated heterocycles. The van der Waals surface area contributed by atoms with E-state index in [-0.39, 0.29) is 11.6 Å². The number of aliphatic imine (C=N–C) groups is 1. The maximum absolute atomic E-state index is 12.1. The minimum absolute atomic E-state index is 0.0158. The Morgan fingerprint density at radius 1 is 1.04 bits per heavy atom. The second-order valence-corrected chi connectivity index (χ2v) is 8.26. The fourth-order valence-electron chi connectivity index (χ4n) is 3.69. The quantitative estimate of drug-likeness (QED) is 0.847. The number of piperidine rings is 1. The molecule has 0 unspecified atom stereocenters. The number of primary sulfonamides is 1. The highest BCUT2D eigenvalue weighted by atomic mass is 32.2. The number of amidine groups is 1. The number of azo groups is 1. The average Bonchev–Trinajstić information content (AvgIpc) is 3.22. The van der Waals surface area contributed by atoms with Gasteiger partial charge in [0.15, 0.2) is 12.5 Å². The monoisotopic (exact) mass is 383 g/mol. The molecule has 0 bridgehead atoms. The van der Waals surface area contributed by atoms with Gasteiger partial charge in [-0.15, -0.1) is 5.11 Å². The van der Waals surface area contributed by atoms with E-state index in [1.807, 2.05) is 18.2 Å². The lowest BCUT2D eigenvalue weighted by atomic mass is 9.89. The molecule has 0 aliphatic carbocycles. The molecule has 2 heterocycles. The summed E-state index contributed by atoms with van der Waals surface area (Å²) in [5.41, 5.74) is 3.36. The first-order valence-corrected chi connectivity index (χ1v) is 10.5. The molecular formula is C19H21N5O2S. The fraction of sp³-hybridized carbons (Fsp3) is 0.316. The van der Waals surface area contributed by atoms with Crippen molar-refractivity contribution in [3.63, 3.8) is 0 Å². The maximum atomic E-state index is 12.1. The lowest BCUT2D eigenvalue weighted by Crippen LogP contribution is -2.26. The van der Waals surface area contributed by atoms with Crippen molar-refractivity contribution >= 4 is 15.9 Å². The summed E-state index contributed by atoms with van der Waals surface area (Å²) in [6.07, 6.45) is 2.26. The molecule has 27 heavy (non-hydrogen) atoms. The lowest BCUT2D eigenvalue weighted by Gasteiger charge is -2.23. The van der Waals surface area contributed by atoms with Gasteiger partial charge in [0, 0.05) is 5.56 Å². The van der Waals surface area contributed by atoms with E-state index in [4.69, 9.17) is 5.14 Å². The number of nitrogens with two attached hydrogens (primary N) is 1. The molecule has 7 nitrogen and oxygen atoms in total. The van der Waals surface area contributed by atoms with E-state index >= 15 is 0 Å². The molecule has 2 aliphatic heterocycles.